The van der Waals surface area contributed by atoms with E-state index in [0.29, 0.717) is 5.56 Å². The van der Waals surface area contributed by atoms with Crippen molar-refractivity contribution in [3.63, 3.8) is 0 Å². The molecule has 7 heteroatoms. The molecule has 0 aliphatic carbocycles. The SMILES string of the molecule is CN(C)c1ccc(C(=O)NCCOCC(=O)O)cn1. The summed E-state index contributed by atoms with van der Waals surface area (Å²) in [5, 5.41) is 11.0. The van der Waals surface area contributed by atoms with Gasteiger partial charge in [0.1, 0.15) is 12.4 Å². The number of anilines is 1. The smallest absolute Gasteiger partial charge is 0.329 e. The van der Waals surface area contributed by atoms with Crippen molar-refractivity contribution >= 4 is 17.7 Å². The number of nitrogens with zero attached hydrogens (tertiary/aromatic N) is 2. The summed E-state index contributed by atoms with van der Waals surface area (Å²) >= 11 is 0. The van der Waals surface area contributed by atoms with Crippen LogP contribution in [0.3, 0.4) is 0 Å². The molecule has 0 radical (unpaired) electrons. The number of aromatic nitrogens is 1. The van der Waals surface area contributed by atoms with Gasteiger partial charge in [-0.15, -0.1) is 0 Å². The fourth-order valence-corrected chi connectivity index (χ4v) is 1.28. The fraction of sp³-hybridized carbons (Fsp3) is 0.417. The van der Waals surface area contributed by atoms with Gasteiger partial charge in [-0.05, 0) is 12.1 Å². The van der Waals surface area contributed by atoms with Gasteiger partial charge in [0.2, 0.25) is 0 Å². The first-order valence-electron chi connectivity index (χ1n) is 5.72. The van der Waals surface area contributed by atoms with Crippen LogP contribution < -0.4 is 10.2 Å². The first-order valence-corrected chi connectivity index (χ1v) is 5.72. The predicted octanol–water partition coefficient (Wildman–Crippen LogP) is -0.0214. The van der Waals surface area contributed by atoms with Gasteiger partial charge in [-0.3, -0.25) is 4.79 Å². The van der Waals surface area contributed by atoms with Crippen molar-refractivity contribution in [2.45, 2.75) is 0 Å². The number of ether oxygens (including phenoxy) is 1. The van der Waals surface area contributed by atoms with Gasteiger partial charge in [0.15, 0.2) is 0 Å². The Kier molecular flexibility index (Phi) is 5.74. The van der Waals surface area contributed by atoms with Crippen molar-refractivity contribution in [3.05, 3.63) is 23.9 Å². The Morgan fingerprint density at radius 3 is 2.68 bits per heavy atom. The van der Waals surface area contributed by atoms with Crippen LogP contribution in [0, 0.1) is 0 Å². The summed E-state index contributed by atoms with van der Waals surface area (Å²) in [6, 6.07) is 3.42. The van der Waals surface area contributed by atoms with Crippen LogP contribution in [0.2, 0.25) is 0 Å². The second-order valence-corrected chi connectivity index (χ2v) is 4.00. The number of pyridine rings is 1. The lowest BCUT2D eigenvalue weighted by atomic mass is 10.2. The highest BCUT2D eigenvalue weighted by Gasteiger charge is 2.06. The molecular weight excluding hydrogens is 250 g/mol. The molecule has 0 aliphatic rings. The Morgan fingerprint density at radius 2 is 2.16 bits per heavy atom. The van der Waals surface area contributed by atoms with Crippen molar-refractivity contribution in [3.8, 4) is 0 Å². The Bertz CT molecular complexity index is 431. The van der Waals surface area contributed by atoms with E-state index < -0.39 is 5.97 Å². The predicted molar refractivity (Wildman–Crippen MR) is 69.4 cm³/mol. The second kappa shape index (κ2) is 7.32. The lowest BCUT2D eigenvalue weighted by Crippen LogP contribution is -2.28. The molecule has 0 spiro atoms. The number of hydrogen-bond acceptors (Lipinski definition) is 5. The Labute approximate surface area is 111 Å². The number of nitrogens with one attached hydrogen (secondary N) is 1. The molecule has 0 bridgehead atoms. The van der Waals surface area contributed by atoms with Gasteiger partial charge in [-0.25, -0.2) is 9.78 Å². The maximum absolute atomic E-state index is 11.7. The third-order valence-corrected chi connectivity index (χ3v) is 2.23. The monoisotopic (exact) mass is 267 g/mol. The van der Waals surface area contributed by atoms with Gasteiger partial charge in [0.25, 0.3) is 5.91 Å². The number of carboxylic acid groups (broad SMARTS) is 1. The van der Waals surface area contributed by atoms with Gasteiger partial charge < -0.3 is 20.1 Å². The van der Waals surface area contributed by atoms with Crippen molar-refractivity contribution in [1.82, 2.24) is 10.3 Å². The zero-order chi connectivity index (χ0) is 14.3. The van der Waals surface area contributed by atoms with E-state index in [0.717, 1.165) is 5.82 Å². The van der Waals surface area contributed by atoms with E-state index in [1.54, 1.807) is 12.1 Å². The van der Waals surface area contributed by atoms with Crippen LogP contribution in [0.4, 0.5) is 5.82 Å². The van der Waals surface area contributed by atoms with Gasteiger partial charge in [0, 0.05) is 26.8 Å². The van der Waals surface area contributed by atoms with E-state index in [2.05, 4.69) is 10.3 Å². The van der Waals surface area contributed by atoms with Crippen LogP contribution in [0.25, 0.3) is 0 Å². The number of amides is 1. The molecule has 1 amide bonds. The summed E-state index contributed by atoms with van der Waals surface area (Å²) in [5.74, 6) is -0.534. The average molecular weight is 267 g/mol. The van der Waals surface area contributed by atoms with E-state index >= 15 is 0 Å². The lowest BCUT2D eigenvalue weighted by Gasteiger charge is -2.11. The van der Waals surface area contributed by atoms with E-state index in [4.69, 9.17) is 9.84 Å². The van der Waals surface area contributed by atoms with Crippen LogP contribution in [-0.2, 0) is 9.53 Å². The molecule has 0 unspecified atom stereocenters. The van der Waals surface area contributed by atoms with Gasteiger partial charge in [-0.2, -0.15) is 0 Å². The minimum atomic E-state index is -1.03. The molecule has 19 heavy (non-hydrogen) atoms. The topological polar surface area (TPSA) is 91.8 Å². The Hall–Kier alpha value is -2.15. The number of hydrogen-bond donors (Lipinski definition) is 2. The van der Waals surface area contributed by atoms with Crippen LogP contribution >= 0.6 is 0 Å². The van der Waals surface area contributed by atoms with E-state index in [1.165, 1.54) is 6.20 Å². The zero-order valence-corrected chi connectivity index (χ0v) is 10.9. The molecule has 0 aliphatic heterocycles. The molecule has 0 atom stereocenters. The van der Waals surface area contributed by atoms with E-state index in [-0.39, 0.29) is 25.7 Å². The summed E-state index contributed by atoms with van der Waals surface area (Å²) in [4.78, 5) is 27.8. The van der Waals surface area contributed by atoms with Crippen molar-refractivity contribution < 1.29 is 19.4 Å². The number of carbonyl (C=O) groups excluding carboxylic acids is 1. The standard InChI is InChI=1S/C12H17N3O4/c1-15(2)10-4-3-9(7-14-10)12(18)13-5-6-19-8-11(16)17/h3-4,7H,5-6,8H2,1-2H3,(H,13,18)(H,16,17). The van der Waals surface area contributed by atoms with Gasteiger partial charge in [-0.1, -0.05) is 0 Å². The molecule has 0 aromatic carbocycles. The Morgan fingerprint density at radius 1 is 1.42 bits per heavy atom. The quantitative estimate of drug-likeness (QED) is 0.674. The molecule has 1 aromatic rings. The van der Waals surface area contributed by atoms with Crippen LogP contribution in [0.5, 0.6) is 0 Å². The van der Waals surface area contributed by atoms with Gasteiger partial charge >= 0.3 is 5.97 Å². The summed E-state index contributed by atoms with van der Waals surface area (Å²) in [6.45, 7) is 0.0394. The fourth-order valence-electron chi connectivity index (χ4n) is 1.28. The molecule has 0 fully saturated rings. The van der Waals surface area contributed by atoms with Crippen molar-refractivity contribution in [2.24, 2.45) is 0 Å². The molecule has 0 saturated carbocycles. The van der Waals surface area contributed by atoms with E-state index in [9.17, 15) is 9.59 Å². The highest BCUT2D eigenvalue weighted by Crippen LogP contribution is 2.07. The third kappa shape index (κ3) is 5.35. The first-order chi connectivity index (χ1) is 9.00. The largest absolute Gasteiger partial charge is 0.480 e. The summed E-state index contributed by atoms with van der Waals surface area (Å²) in [5.41, 5.74) is 0.448. The number of carbonyl (C=O) groups is 2. The number of rotatable bonds is 7. The zero-order valence-electron chi connectivity index (χ0n) is 10.9. The number of aliphatic carboxylic acids is 1. The van der Waals surface area contributed by atoms with E-state index in [1.807, 2.05) is 19.0 Å². The highest BCUT2D eigenvalue weighted by atomic mass is 16.5. The molecule has 1 rings (SSSR count). The van der Waals surface area contributed by atoms with Gasteiger partial charge in [0.05, 0.1) is 12.2 Å². The highest BCUT2D eigenvalue weighted by molar-refractivity contribution is 5.94. The third-order valence-electron chi connectivity index (χ3n) is 2.23. The lowest BCUT2D eigenvalue weighted by molar-refractivity contribution is -0.142. The molecule has 0 saturated heterocycles. The molecule has 1 heterocycles. The minimum Gasteiger partial charge on any atom is -0.480 e. The van der Waals surface area contributed by atoms with Crippen LogP contribution in [0.15, 0.2) is 18.3 Å². The molecular formula is C12H17N3O4. The maximum Gasteiger partial charge on any atom is 0.329 e. The maximum atomic E-state index is 11.7. The molecule has 104 valence electrons. The van der Waals surface area contributed by atoms with Crippen molar-refractivity contribution in [1.29, 1.82) is 0 Å². The van der Waals surface area contributed by atoms with Crippen LogP contribution in [-0.4, -0.2) is 55.8 Å². The molecule has 1 aromatic heterocycles. The molecule has 7 nitrogen and oxygen atoms in total. The number of carboxylic acids is 1. The normalized spacial score (nSPS) is 10.0. The first kappa shape index (κ1) is 14.9. The molecule has 2 N–H and O–H groups in total. The van der Waals surface area contributed by atoms with Crippen molar-refractivity contribution in [2.75, 3.05) is 38.8 Å². The average Bonchev–Trinajstić information content (AvgIpc) is 2.37. The summed E-state index contributed by atoms with van der Waals surface area (Å²) in [7, 11) is 3.73. The summed E-state index contributed by atoms with van der Waals surface area (Å²) < 4.78 is 4.80. The minimum absolute atomic E-state index is 0.154. The summed E-state index contributed by atoms with van der Waals surface area (Å²) in [6.07, 6.45) is 1.49. The van der Waals surface area contributed by atoms with Crippen LogP contribution in [0.1, 0.15) is 10.4 Å². The second-order valence-electron chi connectivity index (χ2n) is 4.00. The Balaban J connectivity index is 2.35.